The van der Waals surface area contributed by atoms with Gasteiger partial charge in [0.15, 0.2) is 40.6 Å². The lowest BCUT2D eigenvalue weighted by molar-refractivity contribution is 0.103. The fourth-order valence-corrected chi connectivity index (χ4v) is 16.9. The van der Waals surface area contributed by atoms with Gasteiger partial charge in [-0.15, -0.1) is 0 Å². The highest BCUT2D eigenvalue weighted by atomic mass is 35.5. The molecule has 0 atom stereocenters. The van der Waals surface area contributed by atoms with Gasteiger partial charge in [0.2, 0.25) is 0 Å². The molecule has 5 aliphatic rings. The molecule has 0 aliphatic heterocycles. The van der Waals surface area contributed by atoms with Crippen LogP contribution in [0.2, 0.25) is 5.02 Å². The Bertz CT molecular complexity index is 7040. The van der Waals surface area contributed by atoms with Gasteiger partial charge in [0, 0.05) is 121 Å². The number of halogens is 5. The van der Waals surface area contributed by atoms with E-state index in [1.807, 2.05) is 156 Å². The van der Waals surface area contributed by atoms with Gasteiger partial charge in [-0.2, -0.15) is 25.5 Å². The molecule has 0 fully saturated rings. The highest BCUT2D eigenvalue weighted by Crippen LogP contribution is 2.41. The lowest BCUT2D eigenvalue weighted by Crippen LogP contribution is -1.97. The molecule has 0 unspecified atom stereocenters. The number of aromatic nitrogens is 10. The van der Waals surface area contributed by atoms with Crippen molar-refractivity contribution in [3.05, 3.63) is 379 Å². The molecule has 26 heteroatoms. The van der Waals surface area contributed by atoms with Crippen LogP contribution < -0.4 is 23.7 Å². The number of aromatic amines is 5. The number of aliphatic hydroxyl groups is 1. The van der Waals surface area contributed by atoms with Crippen molar-refractivity contribution in [1.82, 2.24) is 51.0 Å². The first-order chi connectivity index (χ1) is 64.5. The molecule has 0 amide bonds. The summed E-state index contributed by atoms with van der Waals surface area (Å²) in [5, 5.41) is 45.7. The first-order valence-electron chi connectivity index (χ1n) is 42.9. The Morgan fingerprint density at radius 3 is 0.896 bits per heavy atom. The van der Waals surface area contributed by atoms with Crippen molar-refractivity contribution in [1.29, 1.82) is 0 Å². The summed E-state index contributed by atoms with van der Waals surface area (Å²) in [6.07, 6.45) is 11.9. The summed E-state index contributed by atoms with van der Waals surface area (Å²) in [4.78, 5) is 63.6. The van der Waals surface area contributed by atoms with Crippen LogP contribution in [0.1, 0.15) is 153 Å². The number of ether oxygens (including phenoxy) is 5. The summed E-state index contributed by atoms with van der Waals surface area (Å²) in [6, 6.07) is 56.3. The van der Waals surface area contributed by atoms with Crippen molar-refractivity contribution in [2.75, 3.05) is 35.5 Å². The number of H-pyrrole nitrogens is 5. The molecule has 674 valence electrons. The van der Waals surface area contributed by atoms with Crippen molar-refractivity contribution in [3.8, 4) is 85.0 Å². The highest BCUT2D eigenvalue weighted by Gasteiger charge is 2.33. The number of allylic oxidation sites excluding steroid dienone is 5. The van der Waals surface area contributed by atoms with Crippen LogP contribution in [0.4, 0.5) is 17.6 Å². The van der Waals surface area contributed by atoms with Crippen LogP contribution in [0.3, 0.4) is 0 Å². The number of hydrogen-bond acceptors (Lipinski definition) is 16. The van der Waals surface area contributed by atoms with Crippen molar-refractivity contribution in [2.24, 2.45) is 0 Å². The van der Waals surface area contributed by atoms with Gasteiger partial charge in [0.25, 0.3) is 0 Å². The Balaban J connectivity index is 0.000000122. The summed E-state index contributed by atoms with van der Waals surface area (Å²) in [7, 11) is 8.14. The van der Waals surface area contributed by atoms with Gasteiger partial charge in [0.05, 0.1) is 99.1 Å². The number of benzene rings is 10. The van der Waals surface area contributed by atoms with E-state index in [0.29, 0.717) is 110 Å². The summed E-state index contributed by atoms with van der Waals surface area (Å²) in [5.41, 5.74) is 30.3. The van der Waals surface area contributed by atoms with Crippen molar-refractivity contribution >= 4 is 70.9 Å². The molecule has 6 N–H and O–H groups in total. The molecule has 15 aromatic rings. The van der Waals surface area contributed by atoms with Crippen molar-refractivity contribution < 1.29 is 70.3 Å². The number of Topliss-reactive ketones (excluding diaryl/α,β-unsaturated/α-hetero) is 5. The number of fused-ring (bicyclic) bond motifs is 5. The Kier molecular flexibility index (Phi) is 26.7. The third kappa shape index (κ3) is 19.7. The third-order valence-electron chi connectivity index (χ3n) is 24.1. The molecule has 5 aromatic heterocycles. The van der Waals surface area contributed by atoms with Gasteiger partial charge in [-0.1, -0.05) is 41.9 Å². The molecule has 0 saturated carbocycles. The molecule has 0 saturated heterocycles. The lowest BCUT2D eigenvalue weighted by Gasteiger charge is -2.06. The van der Waals surface area contributed by atoms with Crippen LogP contribution in [0, 0.1) is 71.7 Å². The SMILES string of the molecule is COc1cc2c(cc1C)C(=O)/C(=C/c1cc(-c3ccc(C)c(C)c3)n[nH]1)C2.COc1cc2c(cc1C)C(=O)/C(=C/c1cc(-c3ccc(CO)cc3F)n[nH]1)C2.COc1cc2c(cc1C)C(=O)/C(=C/c1cc(-c3ccc(Cl)cc3)n[nH]1)C2.COc1cc2c(cc1C)C(=O)/C(=C/c1cc(-c3ccc(F)c(F)c3)n[nH]1)C2.COc1cc2c(cc1C)C(=O)/C(=C/c1cc(-c3ccc(F)cc3)n[nH]1)C2. The van der Waals surface area contributed by atoms with Gasteiger partial charge in [0.1, 0.15) is 40.4 Å². The number of ketones is 5. The van der Waals surface area contributed by atoms with E-state index >= 15 is 0 Å². The average Bonchev–Trinajstić information content (AvgIpc) is 1.65. The van der Waals surface area contributed by atoms with Crippen molar-refractivity contribution in [3.63, 3.8) is 0 Å². The second kappa shape index (κ2) is 39.1. The van der Waals surface area contributed by atoms with Gasteiger partial charge in [-0.3, -0.25) is 49.5 Å². The minimum atomic E-state index is -0.929. The monoisotopic (exact) mass is 1810 g/mol. The van der Waals surface area contributed by atoms with Crippen LogP contribution in [-0.2, 0) is 38.7 Å². The fourth-order valence-electron chi connectivity index (χ4n) is 16.8. The quantitative estimate of drug-likeness (QED) is 0.0387. The molecule has 5 heterocycles. The first kappa shape index (κ1) is 91.6. The predicted octanol–water partition coefficient (Wildman–Crippen LogP) is 22.4. The largest absolute Gasteiger partial charge is 0.496 e. The van der Waals surface area contributed by atoms with Crippen LogP contribution in [0.25, 0.3) is 86.7 Å². The number of aryl methyl sites for hydroxylation is 7. The normalized spacial score (nSPS) is 14.7. The van der Waals surface area contributed by atoms with E-state index < -0.39 is 17.5 Å². The number of methoxy groups -OCH3 is 5. The van der Waals surface area contributed by atoms with E-state index in [1.165, 1.54) is 35.4 Å². The Morgan fingerprint density at radius 1 is 0.299 bits per heavy atom. The average molecular weight is 1820 g/mol. The lowest BCUT2D eigenvalue weighted by atomic mass is 10.0. The minimum absolute atomic E-state index is 0.0182. The summed E-state index contributed by atoms with van der Waals surface area (Å²) >= 11 is 5.93. The maximum absolute atomic E-state index is 14.2. The molecular formula is C108H91ClF4N10O11. The Morgan fingerprint density at radius 2 is 0.590 bits per heavy atom. The number of rotatable bonds is 16. The zero-order valence-electron chi connectivity index (χ0n) is 75.3. The van der Waals surface area contributed by atoms with E-state index in [0.717, 1.165) is 170 Å². The topological polar surface area (TPSA) is 295 Å². The summed E-state index contributed by atoms with van der Waals surface area (Å²) in [6.45, 7) is 13.6. The van der Waals surface area contributed by atoms with Gasteiger partial charge < -0.3 is 28.8 Å². The molecule has 10 aromatic carbocycles. The van der Waals surface area contributed by atoms with Crippen LogP contribution in [0.15, 0.2) is 222 Å². The predicted molar refractivity (Wildman–Crippen MR) is 509 cm³/mol. The Labute approximate surface area is 774 Å². The highest BCUT2D eigenvalue weighted by molar-refractivity contribution is 6.30. The molecule has 20 rings (SSSR count). The first-order valence-corrected chi connectivity index (χ1v) is 43.3. The number of carbonyl (C=O) groups excluding carboxylic acids is 5. The number of nitrogens with one attached hydrogen (secondary N) is 5. The molecule has 5 aliphatic carbocycles. The fraction of sp³-hybridized carbons (Fsp3) is 0.167. The molecule has 0 spiro atoms. The van der Waals surface area contributed by atoms with E-state index in [2.05, 4.69) is 83.0 Å². The molecule has 134 heavy (non-hydrogen) atoms. The van der Waals surface area contributed by atoms with E-state index in [9.17, 15) is 41.5 Å². The van der Waals surface area contributed by atoms with E-state index in [4.69, 9.17) is 40.4 Å². The molecular weight excluding hydrogens is 1720 g/mol. The van der Waals surface area contributed by atoms with Crippen LogP contribution in [-0.4, -0.2) is 121 Å². The Hall–Kier alpha value is -15.7. The van der Waals surface area contributed by atoms with E-state index in [-0.39, 0.29) is 41.3 Å². The van der Waals surface area contributed by atoms with Crippen molar-refractivity contribution in [2.45, 2.75) is 87.2 Å². The molecule has 0 bridgehead atoms. The molecule has 21 nitrogen and oxygen atoms in total. The smallest absolute Gasteiger partial charge is 0.189 e. The maximum atomic E-state index is 14.2. The second-order valence-corrected chi connectivity index (χ2v) is 33.7. The van der Waals surface area contributed by atoms with Crippen LogP contribution >= 0.6 is 11.6 Å². The minimum Gasteiger partial charge on any atom is -0.496 e. The van der Waals surface area contributed by atoms with Gasteiger partial charge in [-0.05, 0) is 315 Å². The zero-order chi connectivity index (χ0) is 94.6. The third-order valence-corrected chi connectivity index (χ3v) is 24.4. The maximum Gasteiger partial charge on any atom is 0.189 e. The molecule has 0 radical (unpaired) electrons. The summed E-state index contributed by atoms with van der Waals surface area (Å²) in [5.74, 6) is 1.49. The standard InChI is InChI=1S/C23H22N2O2.C22H19FN2O3.C21H17ClN2O2.C21H16F2N2O2.C21H17FN2O2/c1-13-5-6-16(7-14(13)2)21-12-19(24-25-21)10-18-9-17-11-22(27-4)15(3)8-20(17)23(18)26;1-12-5-18-14(9-21(12)28-2)7-15(22(18)27)8-16-10-20(25-24-16)17-4-3-13(11-26)6-19(17)23;1-12-7-18-14(10-20(12)26-2)8-15(21(18)25)9-17-11-19(24-23-17)13-3-5-16(22)6-4-13;1-11-5-16-13(9-20(11)27-2)6-14(21(16)26)7-15-10-19(25-24-15)12-3-4-17(22)18(23)8-12;1-12-7-18-14(10-20(12)26-2)8-15(21(18)25)9-17-11-19(24-23-17)13-3-5-16(22)6-4-13/h5-8,10-12H,9H2,1-4H3,(H,24,25);3-6,8-10,26H,7,11H2,1-2H3,(H,24,25);3-7,9-11H,8H2,1-2H3,(H,23,24);3-5,7-10H,6H2,1-2H3,(H,24,25);3-7,9-11H,8H2,1-2H3,(H,23,24)/b18-10+;15-8+;15-9+;14-7+;15-9+. The summed E-state index contributed by atoms with van der Waals surface area (Å²) < 4.78 is 80.6. The van der Waals surface area contributed by atoms with Gasteiger partial charge >= 0.3 is 0 Å². The zero-order valence-corrected chi connectivity index (χ0v) is 76.0. The number of carbonyl (C=O) groups is 5. The number of aliphatic hydroxyl groups excluding tert-OH is 1. The van der Waals surface area contributed by atoms with Crippen LogP contribution in [0.5, 0.6) is 28.7 Å². The second-order valence-electron chi connectivity index (χ2n) is 33.2. The number of nitrogens with zero attached hydrogens (tertiary/aromatic N) is 5. The van der Waals surface area contributed by atoms with E-state index in [1.54, 1.807) is 84.1 Å². The number of hydrogen-bond donors (Lipinski definition) is 6. The van der Waals surface area contributed by atoms with Gasteiger partial charge in [-0.25, -0.2) is 17.6 Å².